The van der Waals surface area contributed by atoms with E-state index in [-0.39, 0.29) is 5.41 Å². The molecule has 4 nitrogen and oxygen atoms in total. The number of hydrogen-bond donors (Lipinski definition) is 1. The SMILES string of the molecule is CN(Cc1cnn(C)c1)CC1(CO)CCCCC1. The Morgan fingerprint density at radius 1 is 1.39 bits per heavy atom. The largest absolute Gasteiger partial charge is 0.396 e. The Bertz CT molecular complexity index is 369. The number of rotatable bonds is 5. The smallest absolute Gasteiger partial charge is 0.0534 e. The Morgan fingerprint density at radius 2 is 2.11 bits per heavy atom. The van der Waals surface area contributed by atoms with Gasteiger partial charge in [0.15, 0.2) is 0 Å². The van der Waals surface area contributed by atoms with Gasteiger partial charge in [0.05, 0.1) is 6.20 Å². The highest BCUT2D eigenvalue weighted by molar-refractivity contribution is 5.03. The maximum Gasteiger partial charge on any atom is 0.0534 e. The lowest BCUT2D eigenvalue weighted by atomic mass is 9.74. The average Bonchev–Trinajstić information content (AvgIpc) is 2.75. The molecular formula is C14H25N3O. The van der Waals surface area contributed by atoms with Crippen LogP contribution in [0, 0.1) is 5.41 Å². The van der Waals surface area contributed by atoms with Gasteiger partial charge in [-0.2, -0.15) is 5.10 Å². The van der Waals surface area contributed by atoms with Crippen LogP contribution in [0.5, 0.6) is 0 Å². The van der Waals surface area contributed by atoms with Crippen LogP contribution in [0.15, 0.2) is 12.4 Å². The van der Waals surface area contributed by atoms with Crippen molar-refractivity contribution in [1.29, 1.82) is 0 Å². The van der Waals surface area contributed by atoms with Crippen LogP contribution in [0.3, 0.4) is 0 Å². The standard InChI is InChI=1S/C14H25N3O/c1-16(9-13-8-15-17(2)10-13)11-14(12-18)6-4-3-5-7-14/h8,10,18H,3-7,9,11-12H2,1-2H3. The molecule has 0 amide bonds. The van der Waals surface area contributed by atoms with Crippen LogP contribution in [-0.4, -0.2) is 40.0 Å². The fourth-order valence-electron chi connectivity index (χ4n) is 3.16. The molecule has 0 spiro atoms. The van der Waals surface area contributed by atoms with Crippen LogP contribution < -0.4 is 0 Å². The van der Waals surface area contributed by atoms with E-state index < -0.39 is 0 Å². The highest BCUT2D eigenvalue weighted by Crippen LogP contribution is 2.36. The van der Waals surface area contributed by atoms with E-state index in [0.717, 1.165) is 13.1 Å². The zero-order chi connectivity index (χ0) is 13.0. The first-order chi connectivity index (χ1) is 8.63. The van der Waals surface area contributed by atoms with Crippen molar-refractivity contribution in [2.75, 3.05) is 20.2 Å². The molecule has 1 fully saturated rings. The van der Waals surface area contributed by atoms with E-state index in [2.05, 4.69) is 23.2 Å². The fraction of sp³-hybridized carbons (Fsp3) is 0.786. The molecule has 0 unspecified atom stereocenters. The summed E-state index contributed by atoms with van der Waals surface area (Å²) in [5.41, 5.74) is 1.37. The second-order valence-electron chi connectivity index (χ2n) is 5.91. The molecule has 1 aliphatic rings. The summed E-state index contributed by atoms with van der Waals surface area (Å²) in [6.07, 6.45) is 10.2. The minimum Gasteiger partial charge on any atom is -0.396 e. The Hall–Kier alpha value is -0.870. The summed E-state index contributed by atoms with van der Waals surface area (Å²) in [7, 11) is 4.08. The predicted molar refractivity (Wildman–Crippen MR) is 72.1 cm³/mol. The first-order valence-electron chi connectivity index (χ1n) is 6.90. The number of aromatic nitrogens is 2. The topological polar surface area (TPSA) is 41.3 Å². The lowest BCUT2D eigenvalue weighted by Gasteiger charge is -2.38. The van der Waals surface area contributed by atoms with Crippen molar-refractivity contribution in [3.8, 4) is 0 Å². The molecule has 1 aromatic heterocycles. The predicted octanol–water partition coefficient (Wildman–Crippen LogP) is 1.79. The maximum absolute atomic E-state index is 9.72. The molecule has 0 bridgehead atoms. The van der Waals surface area contributed by atoms with Crippen LogP contribution in [0.1, 0.15) is 37.7 Å². The zero-order valence-corrected chi connectivity index (χ0v) is 11.6. The minimum atomic E-state index is 0.134. The summed E-state index contributed by atoms with van der Waals surface area (Å²) in [6, 6.07) is 0. The van der Waals surface area contributed by atoms with Crippen LogP contribution in [0.2, 0.25) is 0 Å². The van der Waals surface area contributed by atoms with E-state index in [1.54, 1.807) is 0 Å². The van der Waals surface area contributed by atoms with Crippen molar-refractivity contribution < 1.29 is 5.11 Å². The van der Waals surface area contributed by atoms with E-state index >= 15 is 0 Å². The van der Waals surface area contributed by atoms with Gasteiger partial charge in [-0.1, -0.05) is 19.3 Å². The van der Waals surface area contributed by atoms with Crippen molar-refractivity contribution in [3.63, 3.8) is 0 Å². The summed E-state index contributed by atoms with van der Waals surface area (Å²) in [5, 5.41) is 13.9. The molecule has 1 heterocycles. The summed E-state index contributed by atoms with van der Waals surface area (Å²) in [6.45, 7) is 2.22. The number of aliphatic hydroxyl groups is 1. The second-order valence-corrected chi connectivity index (χ2v) is 5.91. The molecule has 1 N–H and O–H groups in total. The van der Waals surface area contributed by atoms with Gasteiger partial charge in [-0.05, 0) is 19.9 Å². The minimum absolute atomic E-state index is 0.134. The van der Waals surface area contributed by atoms with E-state index in [4.69, 9.17) is 0 Å². The van der Waals surface area contributed by atoms with Crippen LogP contribution in [0.25, 0.3) is 0 Å². The van der Waals surface area contributed by atoms with Gasteiger partial charge in [-0.3, -0.25) is 4.68 Å². The van der Waals surface area contributed by atoms with E-state index in [0.29, 0.717) is 6.61 Å². The van der Waals surface area contributed by atoms with E-state index in [1.807, 2.05) is 17.9 Å². The Balaban J connectivity index is 1.90. The molecule has 102 valence electrons. The van der Waals surface area contributed by atoms with E-state index in [9.17, 15) is 5.11 Å². The van der Waals surface area contributed by atoms with Gasteiger partial charge < -0.3 is 10.0 Å². The lowest BCUT2D eigenvalue weighted by molar-refractivity contribution is 0.0464. The summed E-state index contributed by atoms with van der Waals surface area (Å²) in [4.78, 5) is 2.32. The zero-order valence-electron chi connectivity index (χ0n) is 11.6. The third-order valence-corrected chi connectivity index (χ3v) is 4.07. The highest BCUT2D eigenvalue weighted by atomic mass is 16.3. The first-order valence-corrected chi connectivity index (χ1v) is 6.90. The van der Waals surface area contributed by atoms with E-state index in [1.165, 1.54) is 37.7 Å². The normalized spacial score (nSPS) is 19.3. The average molecular weight is 251 g/mol. The molecule has 0 radical (unpaired) electrons. The molecule has 0 atom stereocenters. The number of aryl methyl sites for hydroxylation is 1. The summed E-state index contributed by atoms with van der Waals surface area (Å²) < 4.78 is 1.84. The Kier molecular flexibility index (Phi) is 4.40. The molecular weight excluding hydrogens is 226 g/mol. The number of hydrogen-bond acceptors (Lipinski definition) is 3. The van der Waals surface area contributed by atoms with Crippen LogP contribution in [0.4, 0.5) is 0 Å². The second kappa shape index (κ2) is 5.85. The summed E-state index contributed by atoms with van der Waals surface area (Å²) in [5.74, 6) is 0. The van der Waals surface area contributed by atoms with Crippen molar-refractivity contribution >= 4 is 0 Å². The lowest BCUT2D eigenvalue weighted by Crippen LogP contribution is -2.39. The molecule has 1 aromatic rings. The number of nitrogens with zero attached hydrogens (tertiary/aromatic N) is 3. The quantitative estimate of drug-likeness (QED) is 0.867. The van der Waals surface area contributed by atoms with Gasteiger partial charge in [0.1, 0.15) is 0 Å². The van der Waals surface area contributed by atoms with Gasteiger partial charge in [0.25, 0.3) is 0 Å². The molecule has 0 aromatic carbocycles. The van der Waals surface area contributed by atoms with Gasteiger partial charge in [-0.15, -0.1) is 0 Å². The molecule has 1 saturated carbocycles. The van der Waals surface area contributed by atoms with Gasteiger partial charge in [0.2, 0.25) is 0 Å². The third-order valence-electron chi connectivity index (χ3n) is 4.07. The molecule has 0 aliphatic heterocycles. The molecule has 1 aliphatic carbocycles. The first kappa shape index (κ1) is 13.6. The monoisotopic (exact) mass is 251 g/mol. The van der Waals surface area contributed by atoms with Crippen molar-refractivity contribution in [2.45, 2.75) is 38.6 Å². The van der Waals surface area contributed by atoms with Crippen molar-refractivity contribution in [3.05, 3.63) is 18.0 Å². The molecule has 2 rings (SSSR count). The maximum atomic E-state index is 9.72. The Morgan fingerprint density at radius 3 is 2.67 bits per heavy atom. The third kappa shape index (κ3) is 3.33. The van der Waals surface area contributed by atoms with Crippen molar-refractivity contribution in [1.82, 2.24) is 14.7 Å². The Labute approximate surface area is 110 Å². The summed E-state index contributed by atoms with van der Waals surface area (Å²) >= 11 is 0. The molecule has 4 heteroatoms. The number of aliphatic hydroxyl groups excluding tert-OH is 1. The van der Waals surface area contributed by atoms with Crippen molar-refractivity contribution in [2.24, 2.45) is 12.5 Å². The van der Waals surface area contributed by atoms with Crippen LogP contribution in [-0.2, 0) is 13.6 Å². The highest BCUT2D eigenvalue weighted by Gasteiger charge is 2.32. The molecule has 18 heavy (non-hydrogen) atoms. The molecule has 0 saturated heterocycles. The van der Waals surface area contributed by atoms with Gasteiger partial charge in [0, 0.05) is 43.9 Å². The fourth-order valence-corrected chi connectivity index (χ4v) is 3.16. The van der Waals surface area contributed by atoms with Crippen LogP contribution >= 0.6 is 0 Å². The van der Waals surface area contributed by atoms with Gasteiger partial charge in [-0.25, -0.2) is 0 Å². The van der Waals surface area contributed by atoms with Gasteiger partial charge >= 0.3 is 0 Å².